The number of rotatable bonds is 3. The SMILES string of the molecule is CCn1c(=O)c(C(=O)Nc2cc(C)cc(C)c2)nc2ccccc21. The zero-order valence-electron chi connectivity index (χ0n) is 14.0. The van der Waals surface area contributed by atoms with Crippen LogP contribution in [0.1, 0.15) is 28.5 Å². The molecule has 0 saturated heterocycles. The average molecular weight is 321 g/mol. The number of aryl methyl sites for hydroxylation is 3. The number of para-hydroxylation sites is 2. The summed E-state index contributed by atoms with van der Waals surface area (Å²) in [6, 6.07) is 13.1. The molecule has 1 heterocycles. The summed E-state index contributed by atoms with van der Waals surface area (Å²) in [6.07, 6.45) is 0. The predicted octanol–water partition coefficient (Wildman–Crippen LogP) is 3.29. The molecule has 0 aliphatic rings. The van der Waals surface area contributed by atoms with Gasteiger partial charge in [-0.3, -0.25) is 9.59 Å². The highest BCUT2D eigenvalue weighted by atomic mass is 16.2. The molecule has 0 fully saturated rings. The van der Waals surface area contributed by atoms with Gasteiger partial charge in [-0.05, 0) is 56.2 Å². The first kappa shape index (κ1) is 15.9. The van der Waals surface area contributed by atoms with Crippen LogP contribution in [-0.4, -0.2) is 15.5 Å². The van der Waals surface area contributed by atoms with Gasteiger partial charge in [0.1, 0.15) is 0 Å². The van der Waals surface area contributed by atoms with Crippen molar-refractivity contribution in [3.63, 3.8) is 0 Å². The molecule has 1 amide bonds. The minimum Gasteiger partial charge on any atom is -0.320 e. The minimum atomic E-state index is -0.488. The molecule has 0 bridgehead atoms. The Kier molecular flexibility index (Phi) is 4.16. The molecule has 1 N–H and O–H groups in total. The first-order valence-electron chi connectivity index (χ1n) is 7.89. The summed E-state index contributed by atoms with van der Waals surface area (Å²) in [5, 5.41) is 2.78. The van der Waals surface area contributed by atoms with Gasteiger partial charge in [-0.2, -0.15) is 0 Å². The molecule has 5 nitrogen and oxygen atoms in total. The molecule has 3 rings (SSSR count). The smallest absolute Gasteiger partial charge is 0.282 e. The van der Waals surface area contributed by atoms with Gasteiger partial charge in [0, 0.05) is 12.2 Å². The van der Waals surface area contributed by atoms with E-state index in [0.717, 1.165) is 16.6 Å². The van der Waals surface area contributed by atoms with Crippen LogP contribution in [0.3, 0.4) is 0 Å². The summed E-state index contributed by atoms with van der Waals surface area (Å²) in [5.41, 5.74) is 3.64. The topological polar surface area (TPSA) is 64.0 Å². The number of nitrogens with zero attached hydrogens (tertiary/aromatic N) is 2. The largest absolute Gasteiger partial charge is 0.320 e. The molecule has 24 heavy (non-hydrogen) atoms. The summed E-state index contributed by atoms with van der Waals surface area (Å²) in [7, 11) is 0. The molecule has 2 aromatic carbocycles. The quantitative estimate of drug-likeness (QED) is 0.805. The van der Waals surface area contributed by atoms with Crippen LogP contribution in [0.15, 0.2) is 47.3 Å². The van der Waals surface area contributed by atoms with Crippen LogP contribution < -0.4 is 10.9 Å². The number of aromatic nitrogens is 2. The monoisotopic (exact) mass is 321 g/mol. The van der Waals surface area contributed by atoms with Crippen molar-refractivity contribution in [1.29, 1.82) is 0 Å². The van der Waals surface area contributed by atoms with Crippen LogP contribution in [0.4, 0.5) is 5.69 Å². The molecule has 0 aliphatic heterocycles. The molecular formula is C19H19N3O2. The molecule has 0 saturated carbocycles. The maximum Gasteiger partial charge on any atom is 0.282 e. The first-order chi connectivity index (χ1) is 11.5. The van der Waals surface area contributed by atoms with E-state index in [2.05, 4.69) is 10.3 Å². The van der Waals surface area contributed by atoms with Crippen molar-refractivity contribution in [3.05, 3.63) is 69.6 Å². The lowest BCUT2D eigenvalue weighted by molar-refractivity contribution is 0.102. The number of nitrogens with one attached hydrogen (secondary N) is 1. The number of fused-ring (bicyclic) bond motifs is 1. The molecule has 0 spiro atoms. The molecule has 5 heteroatoms. The Balaban J connectivity index is 2.07. The second kappa shape index (κ2) is 6.28. The lowest BCUT2D eigenvalue weighted by Gasteiger charge is -2.11. The van der Waals surface area contributed by atoms with E-state index >= 15 is 0 Å². The predicted molar refractivity (Wildman–Crippen MR) is 95.5 cm³/mol. The van der Waals surface area contributed by atoms with Gasteiger partial charge >= 0.3 is 0 Å². The maximum atomic E-state index is 12.6. The molecule has 122 valence electrons. The van der Waals surface area contributed by atoms with Crippen LogP contribution >= 0.6 is 0 Å². The highest BCUT2D eigenvalue weighted by Gasteiger charge is 2.17. The fourth-order valence-electron chi connectivity index (χ4n) is 2.89. The third-order valence-electron chi connectivity index (χ3n) is 3.86. The molecule has 0 radical (unpaired) electrons. The summed E-state index contributed by atoms with van der Waals surface area (Å²) in [5.74, 6) is -0.488. The Bertz CT molecular complexity index is 969. The highest BCUT2D eigenvalue weighted by molar-refractivity contribution is 6.03. The zero-order valence-corrected chi connectivity index (χ0v) is 14.0. The van der Waals surface area contributed by atoms with Crippen LogP contribution in [-0.2, 0) is 6.54 Å². The Hall–Kier alpha value is -2.95. The summed E-state index contributed by atoms with van der Waals surface area (Å²) in [4.78, 5) is 29.5. The van der Waals surface area contributed by atoms with Gasteiger partial charge in [0.2, 0.25) is 0 Å². The van der Waals surface area contributed by atoms with E-state index in [1.807, 2.05) is 57.2 Å². The second-order valence-electron chi connectivity index (χ2n) is 5.83. The van der Waals surface area contributed by atoms with Gasteiger partial charge in [-0.1, -0.05) is 18.2 Å². The van der Waals surface area contributed by atoms with Crippen molar-refractivity contribution in [1.82, 2.24) is 9.55 Å². The number of amides is 1. The minimum absolute atomic E-state index is 0.0882. The van der Waals surface area contributed by atoms with Gasteiger partial charge in [0.25, 0.3) is 11.5 Å². The van der Waals surface area contributed by atoms with Crippen molar-refractivity contribution in [3.8, 4) is 0 Å². The van der Waals surface area contributed by atoms with Crippen LogP contribution in [0.2, 0.25) is 0 Å². The van der Waals surface area contributed by atoms with Crippen molar-refractivity contribution < 1.29 is 4.79 Å². The molecule has 0 unspecified atom stereocenters. The fourth-order valence-corrected chi connectivity index (χ4v) is 2.89. The second-order valence-corrected chi connectivity index (χ2v) is 5.83. The Labute approximate surface area is 140 Å². The van der Waals surface area contributed by atoms with E-state index < -0.39 is 5.91 Å². The van der Waals surface area contributed by atoms with E-state index in [-0.39, 0.29) is 11.3 Å². The normalized spacial score (nSPS) is 10.8. The van der Waals surface area contributed by atoms with E-state index in [1.54, 1.807) is 10.6 Å². The number of carbonyl (C=O) groups is 1. The van der Waals surface area contributed by atoms with Crippen molar-refractivity contribution >= 4 is 22.6 Å². The third kappa shape index (κ3) is 2.93. The standard InChI is InChI=1S/C19H19N3O2/c1-4-22-16-8-6-5-7-15(16)21-17(19(22)24)18(23)20-14-10-12(2)9-13(3)11-14/h5-11H,4H2,1-3H3,(H,20,23). The number of benzene rings is 2. The Morgan fingerprint density at radius 2 is 1.79 bits per heavy atom. The number of hydrogen-bond acceptors (Lipinski definition) is 3. The summed E-state index contributed by atoms with van der Waals surface area (Å²) in [6.45, 7) is 6.27. The maximum absolute atomic E-state index is 12.6. The zero-order chi connectivity index (χ0) is 17.3. The first-order valence-corrected chi connectivity index (χ1v) is 7.89. The van der Waals surface area contributed by atoms with Crippen molar-refractivity contribution in [2.75, 3.05) is 5.32 Å². The molecule has 3 aromatic rings. The Morgan fingerprint density at radius 3 is 2.46 bits per heavy atom. The van der Waals surface area contributed by atoms with Gasteiger partial charge < -0.3 is 9.88 Å². The highest BCUT2D eigenvalue weighted by Crippen LogP contribution is 2.15. The summed E-state index contributed by atoms with van der Waals surface area (Å²) < 4.78 is 1.57. The lowest BCUT2D eigenvalue weighted by Crippen LogP contribution is -2.31. The lowest BCUT2D eigenvalue weighted by atomic mass is 10.1. The molecule has 0 atom stereocenters. The van der Waals surface area contributed by atoms with Crippen molar-refractivity contribution in [2.24, 2.45) is 0 Å². The molecule has 1 aromatic heterocycles. The van der Waals surface area contributed by atoms with E-state index in [1.165, 1.54) is 0 Å². The van der Waals surface area contributed by atoms with E-state index in [9.17, 15) is 9.59 Å². The summed E-state index contributed by atoms with van der Waals surface area (Å²) >= 11 is 0. The fraction of sp³-hybridized carbons (Fsp3) is 0.211. The number of anilines is 1. The number of hydrogen-bond donors (Lipinski definition) is 1. The Morgan fingerprint density at radius 1 is 1.12 bits per heavy atom. The van der Waals surface area contributed by atoms with E-state index in [0.29, 0.717) is 17.7 Å². The molecule has 0 aliphatic carbocycles. The van der Waals surface area contributed by atoms with Crippen molar-refractivity contribution in [2.45, 2.75) is 27.3 Å². The average Bonchev–Trinajstić information content (AvgIpc) is 2.53. The van der Waals surface area contributed by atoms with Gasteiger partial charge in [-0.15, -0.1) is 0 Å². The van der Waals surface area contributed by atoms with E-state index in [4.69, 9.17) is 0 Å². The van der Waals surface area contributed by atoms with Gasteiger partial charge in [0.05, 0.1) is 11.0 Å². The van der Waals surface area contributed by atoms with Crippen LogP contribution in [0.25, 0.3) is 11.0 Å². The van der Waals surface area contributed by atoms with Crippen LogP contribution in [0, 0.1) is 13.8 Å². The molecular weight excluding hydrogens is 302 g/mol. The number of carbonyl (C=O) groups excluding carboxylic acids is 1. The van der Waals surface area contributed by atoms with Crippen LogP contribution in [0.5, 0.6) is 0 Å². The van der Waals surface area contributed by atoms with Gasteiger partial charge in [0.15, 0.2) is 5.69 Å². The van der Waals surface area contributed by atoms with Gasteiger partial charge in [-0.25, -0.2) is 4.98 Å². The third-order valence-corrected chi connectivity index (χ3v) is 3.86.